The van der Waals surface area contributed by atoms with Gasteiger partial charge < -0.3 is 9.84 Å². The second kappa shape index (κ2) is 1.86. The molecular formula is C5H6O3. The van der Waals surface area contributed by atoms with Gasteiger partial charge in [0.1, 0.15) is 0 Å². The summed E-state index contributed by atoms with van der Waals surface area (Å²) in [5, 5.41) is 8.25. The van der Waals surface area contributed by atoms with Crippen LogP contribution in [0.5, 0.6) is 0 Å². The van der Waals surface area contributed by atoms with Crippen LogP contribution in [0.3, 0.4) is 0 Å². The monoisotopic (exact) mass is 114 g/mol. The van der Waals surface area contributed by atoms with Crippen molar-refractivity contribution >= 4 is 5.97 Å². The molecule has 0 amide bonds. The molecule has 1 aliphatic rings. The van der Waals surface area contributed by atoms with Gasteiger partial charge >= 0.3 is 5.97 Å². The standard InChI is InChI=1S/C5H6O3/c6-5(7)4-2-1-3-8-4/h1,3-4H,2H2,(H,6,7)/t4-/m0/s1. The van der Waals surface area contributed by atoms with Gasteiger partial charge in [0.2, 0.25) is 0 Å². The molecule has 0 bridgehead atoms. The van der Waals surface area contributed by atoms with E-state index in [1.54, 1.807) is 6.08 Å². The van der Waals surface area contributed by atoms with E-state index in [0.29, 0.717) is 6.42 Å². The molecule has 0 aromatic heterocycles. The molecule has 0 aliphatic carbocycles. The molecule has 1 rings (SSSR count). The van der Waals surface area contributed by atoms with Gasteiger partial charge in [-0.3, -0.25) is 0 Å². The summed E-state index contributed by atoms with van der Waals surface area (Å²) >= 11 is 0. The maximum atomic E-state index is 10.0. The predicted molar refractivity (Wildman–Crippen MR) is 26.3 cm³/mol. The lowest BCUT2D eigenvalue weighted by atomic mass is 10.3. The Balaban J connectivity index is 2.41. The first-order chi connectivity index (χ1) is 3.80. The predicted octanol–water partition coefficient (Wildman–Crippen LogP) is 0.374. The smallest absolute Gasteiger partial charge is 0.345 e. The SMILES string of the molecule is O=C(O)[C@@H]1CC=CO1. The maximum absolute atomic E-state index is 10.0. The van der Waals surface area contributed by atoms with Crippen molar-refractivity contribution in [1.29, 1.82) is 0 Å². The topological polar surface area (TPSA) is 46.5 Å². The Kier molecular flexibility index (Phi) is 1.20. The lowest BCUT2D eigenvalue weighted by Crippen LogP contribution is -2.17. The second-order valence-electron chi connectivity index (χ2n) is 1.57. The highest BCUT2D eigenvalue weighted by Crippen LogP contribution is 2.07. The van der Waals surface area contributed by atoms with E-state index >= 15 is 0 Å². The average molecular weight is 114 g/mol. The van der Waals surface area contributed by atoms with Gasteiger partial charge in [0.25, 0.3) is 0 Å². The van der Waals surface area contributed by atoms with E-state index in [9.17, 15) is 4.79 Å². The summed E-state index contributed by atoms with van der Waals surface area (Å²) < 4.78 is 4.63. The Morgan fingerprint density at radius 2 is 2.62 bits per heavy atom. The fourth-order valence-electron chi connectivity index (χ4n) is 0.544. The number of carbonyl (C=O) groups is 1. The first kappa shape index (κ1) is 5.15. The van der Waals surface area contributed by atoms with Crippen molar-refractivity contribution < 1.29 is 14.6 Å². The lowest BCUT2D eigenvalue weighted by molar-refractivity contribution is -0.145. The Morgan fingerprint density at radius 1 is 1.88 bits per heavy atom. The van der Waals surface area contributed by atoms with Gasteiger partial charge in [0, 0.05) is 6.42 Å². The molecule has 0 saturated heterocycles. The molecule has 0 radical (unpaired) electrons. The number of ether oxygens (including phenoxy) is 1. The summed E-state index contributed by atoms with van der Waals surface area (Å²) in [4.78, 5) is 10.0. The van der Waals surface area contributed by atoms with Crippen molar-refractivity contribution in [2.45, 2.75) is 12.5 Å². The van der Waals surface area contributed by atoms with E-state index in [2.05, 4.69) is 4.74 Å². The van der Waals surface area contributed by atoms with Gasteiger partial charge in [0.05, 0.1) is 6.26 Å². The summed E-state index contributed by atoms with van der Waals surface area (Å²) in [7, 11) is 0. The van der Waals surface area contributed by atoms with E-state index in [1.807, 2.05) is 0 Å². The van der Waals surface area contributed by atoms with E-state index in [-0.39, 0.29) is 0 Å². The fourth-order valence-corrected chi connectivity index (χ4v) is 0.544. The van der Waals surface area contributed by atoms with Crippen LogP contribution in [0, 0.1) is 0 Å². The van der Waals surface area contributed by atoms with Crippen LogP contribution in [0.1, 0.15) is 6.42 Å². The molecule has 3 heteroatoms. The minimum absolute atomic E-state index is 0.495. The number of carboxylic acids is 1. The first-order valence-corrected chi connectivity index (χ1v) is 2.34. The number of hydrogen-bond acceptors (Lipinski definition) is 2. The molecule has 1 heterocycles. The van der Waals surface area contributed by atoms with Crippen LogP contribution < -0.4 is 0 Å². The van der Waals surface area contributed by atoms with Crippen molar-refractivity contribution in [3.05, 3.63) is 12.3 Å². The molecule has 44 valence electrons. The molecular weight excluding hydrogens is 108 g/mol. The number of carboxylic acid groups (broad SMARTS) is 1. The summed E-state index contributed by atoms with van der Waals surface area (Å²) in [6, 6.07) is 0. The van der Waals surface area contributed by atoms with Gasteiger partial charge in [-0.2, -0.15) is 0 Å². The van der Waals surface area contributed by atoms with Gasteiger partial charge in [-0.15, -0.1) is 0 Å². The third-order valence-corrected chi connectivity index (χ3v) is 0.965. The summed E-state index contributed by atoms with van der Waals surface area (Å²) in [6.07, 6.45) is 2.97. The largest absolute Gasteiger partial charge is 0.486 e. The number of aliphatic carboxylic acids is 1. The highest BCUT2D eigenvalue weighted by atomic mass is 16.5. The van der Waals surface area contributed by atoms with Crippen molar-refractivity contribution in [2.24, 2.45) is 0 Å². The minimum Gasteiger partial charge on any atom is -0.486 e. The van der Waals surface area contributed by atoms with Gasteiger partial charge in [-0.05, 0) is 6.08 Å². The molecule has 1 atom stereocenters. The Labute approximate surface area is 46.6 Å². The third kappa shape index (κ3) is 0.804. The number of hydrogen-bond donors (Lipinski definition) is 1. The zero-order chi connectivity index (χ0) is 5.98. The van der Waals surface area contributed by atoms with Crippen LogP contribution in [0.15, 0.2) is 12.3 Å². The van der Waals surface area contributed by atoms with Crippen LogP contribution in [0.4, 0.5) is 0 Å². The molecule has 3 nitrogen and oxygen atoms in total. The van der Waals surface area contributed by atoms with Crippen LogP contribution in [0.2, 0.25) is 0 Å². The molecule has 0 unspecified atom stereocenters. The van der Waals surface area contributed by atoms with Crippen molar-refractivity contribution in [1.82, 2.24) is 0 Å². The average Bonchev–Trinajstić information content (AvgIpc) is 2.12. The molecule has 0 fully saturated rings. The summed E-state index contributed by atoms with van der Waals surface area (Å²) in [5.74, 6) is -0.894. The molecule has 0 spiro atoms. The molecule has 8 heavy (non-hydrogen) atoms. The molecule has 1 aliphatic heterocycles. The second-order valence-corrected chi connectivity index (χ2v) is 1.57. The highest BCUT2D eigenvalue weighted by Gasteiger charge is 2.18. The summed E-state index contributed by atoms with van der Waals surface area (Å²) in [5.41, 5.74) is 0. The van der Waals surface area contributed by atoms with E-state index in [1.165, 1.54) is 6.26 Å². The van der Waals surface area contributed by atoms with Crippen molar-refractivity contribution in [3.63, 3.8) is 0 Å². The zero-order valence-electron chi connectivity index (χ0n) is 4.20. The Hall–Kier alpha value is -0.990. The van der Waals surface area contributed by atoms with Crippen LogP contribution in [0.25, 0.3) is 0 Å². The fraction of sp³-hybridized carbons (Fsp3) is 0.400. The third-order valence-electron chi connectivity index (χ3n) is 0.965. The summed E-state index contributed by atoms with van der Waals surface area (Å²) in [6.45, 7) is 0. The van der Waals surface area contributed by atoms with Gasteiger partial charge in [0.15, 0.2) is 6.10 Å². The quantitative estimate of drug-likeness (QED) is 0.535. The van der Waals surface area contributed by atoms with Crippen LogP contribution in [-0.4, -0.2) is 17.2 Å². The zero-order valence-corrected chi connectivity index (χ0v) is 4.20. The van der Waals surface area contributed by atoms with E-state index in [4.69, 9.17) is 5.11 Å². The first-order valence-electron chi connectivity index (χ1n) is 2.34. The Bertz CT molecular complexity index is 120. The van der Waals surface area contributed by atoms with Gasteiger partial charge in [-0.1, -0.05) is 0 Å². The normalized spacial score (nSPS) is 25.2. The van der Waals surface area contributed by atoms with Crippen molar-refractivity contribution in [3.8, 4) is 0 Å². The minimum atomic E-state index is -0.894. The highest BCUT2D eigenvalue weighted by molar-refractivity contribution is 5.72. The van der Waals surface area contributed by atoms with E-state index < -0.39 is 12.1 Å². The maximum Gasteiger partial charge on any atom is 0.345 e. The molecule has 0 aromatic carbocycles. The lowest BCUT2D eigenvalue weighted by Gasteiger charge is -2.00. The molecule has 0 aromatic rings. The van der Waals surface area contributed by atoms with Crippen LogP contribution >= 0.6 is 0 Å². The molecule has 0 saturated carbocycles. The van der Waals surface area contributed by atoms with E-state index in [0.717, 1.165) is 0 Å². The molecule has 1 N–H and O–H groups in total. The Morgan fingerprint density at radius 3 is 2.88 bits per heavy atom. The van der Waals surface area contributed by atoms with Gasteiger partial charge in [-0.25, -0.2) is 4.79 Å². The number of rotatable bonds is 1. The van der Waals surface area contributed by atoms with Crippen molar-refractivity contribution in [2.75, 3.05) is 0 Å². The van der Waals surface area contributed by atoms with Crippen LogP contribution in [-0.2, 0) is 9.53 Å².